The molecular weight excluding hydrogens is 458 g/mol. The summed E-state index contributed by atoms with van der Waals surface area (Å²) < 4.78 is 5.24. The van der Waals surface area contributed by atoms with Gasteiger partial charge in [-0.3, -0.25) is 29.4 Å². The van der Waals surface area contributed by atoms with E-state index in [2.05, 4.69) is 15.9 Å². The van der Waals surface area contributed by atoms with Crippen molar-refractivity contribution in [3.05, 3.63) is 37.2 Å². The van der Waals surface area contributed by atoms with Crippen molar-refractivity contribution in [1.82, 2.24) is 9.80 Å². The molecule has 1 aromatic rings. The number of carbonyl (C=O) groups excluding carboxylic acids is 3. The second kappa shape index (κ2) is 8.29. The molecule has 12 heteroatoms. The molecular formula is C16H14BrN3O7S. The van der Waals surface area contributed by atoms with Gasteiger partial charge in [0.15, 0.2) is 0 Å². The Balaban J connectivity index is 1.79. The summed E-state index contributed by atoms with van der Waals surface area (Å²) in [5.74, 6) is -1.54. The minimum absolute atomic E-state index is 0.0339. The molecule has 0 radical (unpaired) electrons. The molecule has 0 unspecified atom stereocenters. The van der Waals surface area contributed by atoms with Crippen LogP contribution in [0.1, 0.15) is 5.56 Å². The molecule has 0 aliphatic carbocycles. The second-order valence-corrected chi connectivity index (χ2v) is 7.74. The van der Waals surface area contributed by atoms with Gasteiger partial charge in [-0.15, -0.1) is 0 Å². The number of nitro groups is 1. The zero-order valence-electron chi connectivity index (χ0n) is 14.3. The third-order valence-corrected chi connectivity index (χ3v) is 5.60. The van der Waals surface area contributed by atoms with Crippen LogP contribution in [-0.4, -0.2) is 69.7 Å². The molecule has 0 spiro atoms. The molecule has 2 aliphatic rings. The van der Waals surface area contributed by atoms with E-state index in [0.717, 1.165) is 11.0 Å². The first-order valence-electron chi connectivity index (χ1n) is 8.05. The van der Waals surface area contributed by atoms with Crippen molar-refractivity contribution < 1.29 is 29.2 Å². The Morgan fingerprint density at radius 2 is 2.04 bits per heavy atom. The minimum atomic E-state index is -0.760. The minimum Gasteiger partial charge on any atom is -0.501 e. The van der Waals surface area contributed by atoms with Crippen LogP contribution in [0.15, 0.2) is 21.5 Å². The van der Waals surface area contributed by atoms with Crippen molar-refractivity contribution in [1.29, 1.82) is 0 Å². The number of halogens is 1. The van der Waals surface area contributed by atoms with Crippen molar-refractivity contribution in [3.8, 4) is 5.75 Å². The average Bonchev–Trinajstić information content (AvgIpc) is 2.92. The summed E-state index contributed by atoms with van der Waals surface area (Å²) in [6.07, 6.45) is 1.31. The van der Waals surface area contributed by atoms with E-state index in [1.165, 1.54) is 17.0 Å². The number of imide groups is 1. The highest BCUT2D eigenvalue weighted by Crippen LogP contribution is 2.37. The number of rotatable bonds is 4. The molecule has 1 N–H and O–H groups in total. The van der Waals surface area contributed by atoms with Crippen molar-refractivity contribution in [3.63, 3.8) is 0 Å². The van der Waals surface area contributed by atoms with Crippen molar-refractivity contribution in [2.24, 2.45) is 0 Å². The van der Waals surface area contributed by atoms with Gasteiger partial charge in [0.25, 0.3) is 11.1 Å². The average molecular weight is 472 g/mol. The number of carbonyl (C=O) groups is 3. The van der Waals surface area contributed by atoms with Crippen LogP contribution < -0.4 is 0 Å². The van der Waals surface area contributed by atoms with Crippen LogP contribution in [0.5, 0.6) is 5.75 Å². The number of thioether (sulfide) groups is 1. The lowest BCUT2D eigenvalue weighted by Crippen LogP contribution is -2.46. The van der Waals surface area contributed by atoms with Gasteiger partial charge in [0.05, 0.1) is 27.5 Å². The summed E-state index contributed by atoms with van der Waals surface area (Å²) in [7, 11) is 0. The molecule has 0 aromatic heterocycles. The monoisotopic (exact) mass is 471 g/mol. The summed E-state index contributed by atoms with van der Waals surface area (Å²) in [6.45, 7) is 1.23. The summed E-state index contributed by atoms with van der Waals surface area (Å²) in [4.78, 5) is 49.7. The number of benzene rings is 1. The number of phenols is 1. The van der Waals surface area contributed by atoms with Crippen LogP contribution in [-0.2, 0) is 14.3 Å². The topological polar surface area (TPSA) is 130 Å². The molecule has 0 atom stereocenters. The number of phenolic OH excluding ortho intramolecular Hbond substituents is 1. The first-order valence-corrected chi connectivity index (χ1v) is 9.66. The van der Waals surface area contributed by atoms with Gasteiger partial charge in [-0.05, 0) is 45.4 Å². The first-order chi connectivity index (χ1) is 13.3. The Morgan fingerprint density at radius 3 is 2.68 bits per heavy atom. The Morgan fingerprint density at radius 1 is 1.36 bits per heavy atom. The van der Waals surface area contributed by atoms with Crippen LogP contribution in [0.2, 0.25) is 0 Å². The summed E-state index contributed by atoms with van der Waals surface area (Å²) in [6, 6.07) is 2.47. The highest BCUT2D eigenvalue weighted by Gasteiger charge is 2.37. The van der Waals surface area contributed by atoms with Gasteiger partial charge in [0, 0.05) is 19.2 Å². The molecule has 0 saturated carbocycles. The van der Waals surface area contributed by atoms with Crippen molar-refractivity contribution in [2.75, 3.05) is 32.8 Å². The SMILES string of the molecule is O=C(CN1C(=O)S/C(=C/c2cc(Br)c(O)c([N+](=O)[O-])c2)C1=O)N1CCOCC1. The number of aromatic hydroxyl groups is 1. The number of hydrogen-bond donors (Lipinski definition) is 1. The standard InChI is InChI=1S/C16H14BrN3O7S/c17-10-5-9(6-11(14(10)22)20(25)26)7-12-15(23)19(16(24)28-12)8-13(21)18-1-3-27-4-2-18/h5-7,22H,1-4,8H2/b12-7+. The van der Waals surface area contributed by atoms with Crippen molar-refractivity contribution >= 4 is 56.5 Å². The third-order valence-electron chi connectivity index (χ3n) is 4.09. The Kier molecular flexibility index (Phi) is 6.01. The van der Waals surface area contributed by atoms with Crippen LogP contribution in [0, 0.1) is 10.1 Å². The van der Waals surface area contributed by atoms with Crippen molar-refractivity contribution in [2.45, 2.75) is 0 Å². The summed E-state index contributed by atoms with van der Waals surface area (Å²) in [5, 5.41) is 20.1. The van der Waals surface area contributed by atoms with Gasteiger partial charge in [-0.2, -0.15) is 0 Å². The highest BCUT2D eigenvalue weighted by molar-refractivity contribution is 9.10. The van der Waals surface area contributed by atoms with E-state index in [1.807, 2.05) is 0 Å². The Bertz CT molecular complexity index is 898. The van der Waals surface area contributed by atoms with E-state index in [-0.39, 0.29) is 27.4 Å². The maximum Gasteiger partial charge on any atom is 0.312 e. The molecule has 3 rings (SSSR count). The van der Waals surface area contributed by atoms with E-state index in [0.29, 0.717) is 38.1 Å². The lowest BCUT2D eigenvalue weighted by molar-refractivity contribution is -0.386. The number of ether oxygens (including phenoxy) is 1. The van der Waals surface area contributed by atoms with Gasteiger partial charge in [-0.1, -0.05) is 0 Å². The number of nitrogens with zero attached hydrogens (tertiary/aromatic N) is 3. The van der Waals surface area contributed by atoms with E-state index in [9.17, 15) is 29.6 Å². The molecule has 2 heterocycles. The predicted molar refractivity (Wildman–Crippen MR) is 103 cm³/mol. The summed E-state index contributed by atoms with van der Waals surface area (Å²) in [5.41, 5.74) is -0.288. The van der Waals surface area contributed by atoms with Crippen LogP contribution in [0.4, 0.5) is 10.5 Å². The quantitative estimate of drug-likeness (QED) is 0.400. The molecule has 2 aliphatic heterocycles. The number of morpholine rings is 1. The van der Waals surface area contributed by atoms with E-state index >= 15 is 0 Å². The van der Waals surface area contributed by atoms with Crippen LogP contribution in [0.25, 0.3) is 6.08 Å². The molecule has 1 aromatic carbocycles. The number of amides is 3. The molecule has 10 nitrogen and oxygen atoms in total. The number of nitro benzene ring substituents is 1. The van der Waals surface area contributed by atoms with Crippen LogP contribution in [0.3, 0.4) is 0 Å². The maximum absolute atomic E-state index is 12.5. The van der Waals surface area contributed by atoms with E-state index in [4.69, 9.17) is 4.74 Å². The van der Waals surface area contributed by atoms with Crippen LogP contribution >= 0.6 is 27.7 Å². The van der Waals surface area contributed by atoms with E-state index in [1.54, 1.807) is 0 Å². The smallest absolute Gasteiger partial charge is 0.312 e. The van der Waals surface area contributed by atoms with Gasteiger partial charge >= 0.3 is 5.69 Å². The zero-order valence-corrected chi connectivity index (χ0v) is 16.7. The van der Waals surface area contributed by atoms with Gasteiger partial charge in [0.1, 0.15) is 6.54 Å². The normalized spacial score (nSPS) is 18.8. The molecule has 3 amide bonds. The number of hydrogen-bond acceptors (Lipinski definition) is 8. The van der Waals surface area contributed by atoms with Gasteiger partial charge < -0.3 is 14.7 Å². The fourth-order valence-corrected chi connectivity index (χ4v) is 3.97. The Labute approximate surface area is 171 Å². The fraction of sp³-hybridized carbons (Fsp3) is 0.312. The Hall–Kier alpha value is -2.44. The maximum atomic E-state index is 12.5. The molecule has 148 valence electrons. The fourth-order valence-electron chi connectivity index (χ4n) is 2.66. The highest BCUT2D eigenvalue weighted by atomic mass is 79.9. The second-order valence-electron chi connectivity index (χ2n) is 5.89. The van der Waals surface area contributed by atoms with Gasteiger partial charge in [0.2, 0.25) is 11.7 Å². The summed E-state index contributed by atoms with van der Waals surface area (Å²) >= 11 is 3.66. The van der Waals surface area contributed by atoms with Gasteiger partial charge in [-0.25, -0.2) is 0 Å². The lowest BCUT2D eigenvalue weighted by atomic mass is 10.1. The molecule has 2 saturated heterocycles. The molecule has 2 fully saturated rings. The zero-order chi connectivity index (χ0) is 20.4. The van der Waals surface area contributed by atoms with E-state index < -0.39 is 27.5 Å². The molecule has 0 bridgehead atoms. The first kappa shape index (κ1) is 20.3. The third kappa shape index (κ3) is 4.18. The largest absolute Gasteiger partial charge is 0.501 e. The molecule has 28 heavy (non-hydrogen) atoms. The predicted octanol–water partition coefficient (Wildman–Crippen LogP) is 1.96. The lowest BCUT2D eigenvalue weighted by Gasteiger charge is -2.28.